The normalized spacial score (nSPS) is 14.1. The second kappa shape index (κ2) is 8.12. The zero-order valence-corrected chi connectivity index (χ0v) is 11.0. The second-order valence-electron chi connectivity index (χ2n) is 4.81. The molecule has 0 aromatic rings. The maximum absolute atomic E-state index is 11.1. The van der Waals surface area contributed by atoms with Crippen molar-refractivity contribution in [1.29, 1.82) is 0 Å². The van der Waals surface area contributed by atoms with Crippen molar-refractivity contribution in [2.75, 3.05) is 0 Å². The van der Waals surface area contributed by atoms with Gasteiger partial charge in [0.1, 0.15) is 17.3 Å². The highest BCUT2D eigenvalue weighted by atomic mass is 16.1. The van der Waals surface area contributed by atoms with Gasteiger partial charge in [0.2, 0.25) is 0 Å². The van der Waals surface area contributed by atoms with Gasteiger partial charge in [-0.25, -0.2) is 0 Å². The average molecular weight is 241 g/mol. The van der Waals surface area contributed by atoms with E-state index in [2.05, 4.69) is 0 Å². The van der Waals surface area contributed by atoms with Gasteiger partial charge in [-0.1, -0.05) is 0 Å². The molecule has 2 unspecified atom stereocenters. The zero-order valence-electron chi connectivity index (χ0n) is 11.0. The Kier molecular flexibility index (Phi) is 7.63. The van der Waals surface area contributed by atoms with Gasteiger partial charge in [-0.05, 0) is 39.5 Å². The third-order valence-corrected chi connectivity index (χ3v) is 2.85. The number of nitrogens with two attached hydrogens (primary N) is 1. The van der Waals surface area contributed by atoms with Crippen LogP contribution < -0.4 is 5.73 Å². The lowest BCUT2D eigenvalue weighted by Gasteiger charge is -2.22. The van der Waals surface area contributed by atoms with Crippen LogP contribution in [0.3, 0.4) is 0 Å². The summed E-state index contributed by atoms with van der Waals surface area (Å²) in [5, 5.41) is 0. The molecule has 2 N–H and O–H groups in total. The van der Waals surface area contributed by atoms with Crippen molar-refractivity contribution in [3.05, 3.63) is 0 Å². The van der Waals surface area contributed by atoms with Crippen LogP contribution in [0.15, 0.2) is 0 Å². The Bertz CT molecular complexity index is 286. The molecular formula is C13H23NO3. The first kappa shape index (κ1) is 16.0. The molecule has 0 heterocycles. The van der Waals surface area contributed by atoms with Crippen LogP contribution in [0.2, 0.25) is 0 Å². The number of carbonyl (C=O) groups is 3. The Balaban J connectivity index is 4.27. The van der Waals surface area contributed by atoms with Crippen LogP contribution in [0.5, 0.6) is 0 Å². The molecule has 0 aromatic carbocycles. The van der Waals surface area contributed by atoms with E-state index in [0.29, 0.717) is 32.1 Å². The molecule has 98 valence electrons. The van der Waals surface area contributed by atoms with Gasteiger partial charge in [0, 0.05) is 25.3 Å². The lowest BCUT2D eigenvalue weighted by atomic mass is 9.87. The number of ketones is 3. The molecular weight excluding hydrogens is 218 g/mol. The minimum atomic E-state index is -0.179. The van der Waals surface area contributed by atoms with Gasteiger partial charge in [0.05, 0.1) is 0 Å². The van der Waals surface area contributed by atoms with E-state index >= 15 is 0 Å². The molecule has 0 aliphatic heterocycles. The summed E-state index contributed by atoms with van der Waals surface area (Å²) in [4.78, 5) is 33.0. The number of hydrogen-bond donors (Lipinski definition) is 1. The van der Waals surface area contributed by atoms with Crippen molar-refractivity contribution < 1.29 is 14.4 Å². The van der Waals surface area contributed by atoms with Crippen LogP contribution in [-0.2, 0) is 14.4 Å². The molecule has 0 bridgehead atoms. The van der Waals surface area contributed by atoms with Gasteiger partial charge in [0.25, 0.3) is 0 Å². The maximum Gasteiger partial charge on any atom is 0.130 e. The first-order valence-corrected chi connectivity index (χ1v) is 6.06. The maximum atomic E-state index is 11.1. The minimum Gasteiger partial charge on any atom is -0.327 e. The van der Waals surface area contributed by atoms with E-state index in [1.54, 1.807) is 0 Å². The van der Waals surface area contributed by atoms with Crippen LogP contribution in [0.4, 0.5) is 0 Å². The van der Waals surface area contributed by atoms with Crippen LogP contribution in [0.25, 0.3) is 0 Å². The Morgan fingerprint density at radius 3 is 1.76 bits per heavy atom. The fourth-order valence-corrected chi connectivity index (χ4v) is 1.83. The predicted molar refractivity (Wildman–Crippen MR) is 66.6 cm³/mol. The molecule has 2 atom stereocenters. The monoisotopic (exact) mass is 241 g/mol. The van der Waals surface area contributed by atoms with E-state index < -0.39 is 0 Å². The molecule has 0 amide bonds. The summed E-state index contributed by atoms with van der Waals surface area (Å²) < 4.78 is 0. The minimum absolute atomic E-state index is 0.00995. The fourth-order valence-electron chi connectivity index (χ4n) is 1.83. The molecule has 4 heteroatoms. The summed E-state index contributed by atoms with van der Waals surface area (Å²) in [6.45, 7) is 4.59. The van der Waals surface area contributed by atoms with Gasteiger partial charge in [-0.15, -0.1) is 0 Å². The molecule has 4 nitrogen and oxygen atoms in total. The third kappa shape index (κ3) is 8.74. The van der Waals surface area contributed by atoms with E-state index in [0.717, 1.165) is 0 Å². The van der Waals surface area contributed by atoms with Crippen molar-refractivity contribution in [2.24, 2.45) is 11.7 Å². The predicted octanol–water partition coefficient (Wildman–Crippen LogP) is 1.65. The quantitative estimate of drug-likeness (QED) is 0.665. The van der Waals surface area contributed by atoms with Gasteiger partial charge in [-0.2, -0.15) is 0 Å². The summed E-state index contributed by atoms with van der Waals surface area (Å²) in [5.41, 5.74) is 5.99. The molecule has 0 saturated carbocycles. The van der Waals surface area contributed by atoms with Gasteiger partial charge in [-0.3, -0.25) is 0 Å². The Hall–Kier alpha value is -1.03. The van der Waals surface area contributed by atoms with Crippen molar-refractivity contribution >= 4 is 17.3 Å². The Labute approximate surface area is 103 Å². The number of carbonyl (C=O) groups excluding carboxylic acids is 3. The molecule has 0 aliphatic rings. The summed E-state index contributed by atoms with van der Waals surface area (Å²) in [6.07, 6.45) is 2.51. The SMILES string of the molecule is CC(=O)CCC(N)C(CCC(C)=O)CC(C)=O. The number of hydrogen-bond acceptors (Lipinski definition) is 4. The standard InChI is InChI=1S/C13H23NO3/c1-9(15)4-6-12(8-11(3)17)13(14)7-5-10(2)16/h12-13H,4-8,14H2,1-3H3. The lowest BCUT2D eigenvalue weighted by molar-refractivity contribution is -0.120. The van der Waals surface area contributed by atoms with E-state index in [-0.39, 0.29) is 29.3 Å². The van der Waals surface area contributed by atoms with E-state index in [1.165, 1.54) is 20.8 Å². The van der Waals surface area contributed by atoms with Crippen LogP contribution >= 0.6 is 0 Å². The zero-order chi connectivity index (χ0) is 13.4. The van der Waals surface area contributed by atoms with Crippen molar-refractivity contribution in [3.63, 3.8) is 0 Å². The number of rotatable bonds is 9. The lowest BCUT2D eigenvalue weighted by Crippen LogP contribution is -2.32. The van der Waals surface area contributed by atoms with E-state index in [9.17, 15) is 14.4 Å². The Morgan fingerprint density at radius 2 is 1.35 bits per heavy atom. The van der Waals surface area contributed by atoms with Crippen molar-refractivity contribution in [2.45, 2.75) is 58.9 Å². The number of Topliss-reactive ketones (excluding diaryl/α,β-unsaturated/α-hetero) is 3. The smallest absolute Gasteiger partial charge is 0.130 e. The molecule has 0 saturated heterocycles. The van der Waals surface area contributed by atoms with E-state index in [4.69, 9.17) is 5.73 Å². The molecule has 0 radical (unpaired) electrons. The van der Waals surface area contributed by atoms with Crippen LogP contribution in [0.1, 0.15) is 52.9 Å². The second-order valence-corrected chi connectivity index (χ2v) is 4.81. The highest BCUT2D eigenvalue weighted by Gasteiger charge is 2.20. The summed E-state index contributed by atoms with van der Waals surface area (Å²) >= 11 is 0. The molecule has 0 rings (SSSR count). The topological polar surface area (TPSA) is 77.2 Å². The summed E-state index contributed by atoms with van der Waals surface area (Å²) in [5.74, 6) is 0.304. The van der Waals surface area contributed by atoms with Crippen LogP contribution in [-0.4, -0.2) is 23.4 Å². The van der Waals surface area contributed by atoms with Crippen LogP contribution in [0, 0.1) is 5.92 Å². The van der Waals surface area contributed by atoms with Gasteiger partial charge >= 0.3 is 0 Å². The molecule has 0 fully saturated rings. The average Bonchev–Trinajstić information content (AvgIpc) is 2.19. The molecule has 0 aromatic heterocycles. The van der Waals surface area contributed by atoms with Gasteiger partial charge < -0.3 is 20.1 Å². The van der Waals surface area contributed by atoms with E-state index in [1.807, 2.05) is 0 Å². The summed E-state index contributed by atoms with van der Waals surface area (Å²) in [7, 11) is 0. The third-order valence-electron chi connectivity index (χ3n) is 2.85. The van der Waals surface area contributed by atoms with Gasteiger partial charge in [0.15, 0.2) is 0 Å². The first-order chi connectivity index (χ1) is 7.82. The van der Waals surface area contributed by atoms with Crippen molar-refractivity contribution in [1.82, 2.24) is 0 Å². The first-order valence-electron chi connectivity index (χ1n) is 6.06. The highest BCUT2D eigenvalue weighted by molar-refractivity contribution is 5.77. The largest absolute Gasteiger partial charge is 0.327 e. The summed E-state index contributed by atoms with van der Waals surface area (Å²) in [6, 6.07) is -0.179. The fraction of sp³-hybridized carbons (Fsp3) is 0.769. The Morgan fingerprint density at radius 1 is 0.882 bits per heavy atom. The molecule has 0 spiro atoms. The highest BCUT2D eigenvalue weighted by Crippen LogP contribution is 2.19. The molecule has 17 heavy (non-hydrogen) atoms. The molecule has 0 aliphatic carbocycles. The van der Waals surface area contributed by atoms with Crippen molar-refractivity contribution in [3.8, 4) is 0 Å².